The second-order valence-corrected chi connectivity index (χ2v) is 4.81. The molecule has 0 radical (unpaired) electrons. The number of hydrogen-bond acceptors (Lipinski definition) is 4. The minimum atomic E-state index is 0.442. The molecule has 0 bridgehead atoms. The Labute approximate surface area is 123 Å². The number of ether oxygens (including phenoxy) is 2. The molecule has 2 aromatic heterocycles. The number of methoxy groups -OCH3 is 1. The topological polar surface area (TPSA) is 49.4 Å². The summed E-state index contributed by atoms with van der Waals surface area (Å²) in [6.45, 7) is 3.77. The van der Waals surface area contributed by atoms with Crippen molar-refractivity contribution in [2.24, 2.45) is 0 Å². The highest BCUT2D eigenvalue weighted by Crippen LogP contribution is 2.23. The van der Waals surface area contributed by atoms with Crippen LogP contribution in [0.5, 0.6) is 5.75 Å². The Hall–Kier alpha value is -2.27. The summed E-state index contributed by atoms with van der Waals surface area (Å²) in [5.41, 5.74) is 2.03. The van der Waals surface area contributed by atoms with Crippen LogP contribution in [0.2, 0.25) is 0 Å². The molecule has 0 saturated heterocycles. The Morgan fingerprint density at radius 2 is 2.14 bits per heavy atom. The van der Waals surface area contributed by atoms with E-state index in [1.54, 1.807) is 7.11 Å². The standard InChI is InChI=1S/C16H18N2O3/c1-3-20-14-4-5-16-12(8-14)6-7-18(16)10-13-9-15(11-19-2)21-17-13/h4-9H,3,10-11H2,1-2H3. The Balaban J connectivity index is 1.83. The van der Waals surface area contributed by atoms with Crippen molar-refractivity contribution in [1.82, 2.24) is 9.72 Å². The smallest absolute Gasteiger partial charge is 0.162 e. The molecule has 110 valence electrons. The molecule has 5 nitrogen and oxygen atoms in total. The van der Waals surface area contributed by atoms with Crippen LogP contribution in [0.25, 0.3) is 10.9 Å². The third kappa shape index (κ3) is 2.92. The molecular formula is C16H18N2O3. The zero-order valence-electron chi connectivity index (χ0n) is 12.2. The van der Waals surface area contributed by atoms with Gasteiger partial charge in [-0.25, -0.2) is 0 Å². The zero-order chi connectivity index (χ0) is 14.7. The molecular weight excluding hydrogens is 268 g/mol. The van der Waals surface area contributed by atoms with Crippen molar-refractivity contribution in [2.75, 3.05) is 13.7 Å². The van der Waals surface area contributed by atoms with Gasteiger partial charge in [-0.3, -0.25) is 0 Å². The quantitative estimate of drug-likeness (QED) is 0.698. The van der Waals surface area contributed by atoms with Crippen molar-refractivity contribution >= 4 is 10.9 Å². The van der Waals surface area contributed by atoms with Gasteiger partial charge in [0, 0.05) is 30.3 Å². The van der Waals surface area contributed by atoms with Crippen LogP contribution < -0.4 is 4.74 Å². The summed E-state index contributed by atoms with van der Waals surface area (Å²) < 4.78 is 17.9. The molecule has 1 aromatic carbocycles. The third-order valence-electron chi connectivity index (χ3n) is 3.28. The average molecular weight is 286 g/mol. The summed E-state index contributed by atoms with van der Waals surface area (Å²) in [4.78, 5) is 0. The molecule has 0 spiro atoms. The molecule has 0 atom stereocenters. The van der Waals surface area contributed by atoms with Crippen molar-refractivity contribution in [3.05, 3.63) is 48.0 Å². The minimum Gasteiger partial charge on any atom is -0.494 e. The third-order valence-corrected chi connectivity index (χ3v) is 3.28. The van der Waals surface area contributed by atoms with Crippen LogP contribution in [0.3, 0.4) is 0 Å². The molecule has 2 heterocycles. The maximum Gasteiger partial charge on any atom is 0.162 e. The molecule has 0 aliphatic rings. The van der Waals surface area contributed by atoms with E-state index in [0.29, 0.717) is 19.8 Å². The van der Waals surface area contributed by atoms with E-state index in [0.717, 1.165) is 28.1 Å². The SMILES string of the molecule is CCOc1ccc2c(ccn2Cc2cc(COC)on2)c1. The first kappa shape index (κ1) is 13.7. The van der Waals surface area contributed by atoms with Gasteiger partial charge >= 0.3 is 0 Å². The summed E-state index contributed by atoms with van der Waals surface area (Å²) in [5.74, 6) is 1.63. The van der Waals surface area contributed by atoms with Gasteiger partial charge in [0.05, 0.1) is 13.2 Å². The molecule has 0 N–H and O–H groups in total. The highest BCUT2D eigenvalue weighted by atomic mass is 16.5. The van der Waals surface area contributed by atoms with E-state index in [1.807, 2.05) is 25.3 Å². The number of benzene rings is 1. The molecule has 21 heavy (non-hydrogen) atoms. The van der Waals surface area contributed by atoms with Crippen LogP contribution in [-0.2, 0) is 17.9 Å². The summed E-state index contributed by atoms with van der Waals surface area (Å²) >= 11 is 0. The normalized spacial score (nSPS) is 11.1. The van der Waals surface area contributed by atoms with Gasteiger partial charge in [-0.2, -0.15) is 0 Å². The second kappa shape index (κ2) is 6.01. The van der Waals surface area contributed by atoms with E-state index in [9.17, 15) is 0 Å². The largest absolute Gasteiger partial charge is 0.494 e. The molecule has 3 rings (SSSR count). The highest BCUT2D eigenvalue weighted by molar-refractivity contribution is 5.81. The molecule has 5 heteroatoms. The Morgan fingerprint density at radius 3 is 2.95 bits per heavy atom. The number of hydrogen-bond donors (Lipinski definition) is 0. The van der Waals surface area contributed by atoms with Gasteiger partial charge in [0.2, 0.25) is 0 Å². The second-order valence-electron chi connectivity index (χ2n) is 4.81. The van der Waals surface area contributed by atoms with Gasteiger partial charge in [0.25, 0.3) is 0 Å². The van der Waals surface area contributed by atoms with Gasteiger partial charge < -0.3 is 18.6 Å². The Kier molecular flexibility index (Phi) is 3.92. The van der Waals surface area contributed by atoms with Crippen LogP contribution in [-0.4, -0.2) is 23.4 Å². The van der Waals surface area contributed by atoms with Crippen LogP contribution in [0.1, 0.15) is 18.4 Å². The molecule has 0 saturated carbocycles. The lowest BCUT2D eigenvalue weighted by Crippen LogP contribution is -1.98. The summed E-state index contributed by atoms with van der Waals surface area (Å²) in [7, 11) is 1.64. The van der Waals surface area contributed by atoms with Crippen LogP contribution in [0.15, 0.2) is 41.1 Å². The van der Waals surface area contributed by atoms with Gasteiger partial charge in [0.1, 0.15) is 18.1 Å². The predicted octanol–water partition coefficient (Wildman–Crippen LogP) is 3.22. The molecule has 0 aliphatic carbocycles. The van der Waals surface area contributed by atoms with Gasteiger partial charge in [-0.1, -0.05) is 5.16 Å². The number of aromatic nitrogens is 2. The number of rotatable bonds is 6. The lowest BCUT2D eigenvalue weighted by atomic mass is 10.2. The van der Waals surface area contributed by atoms with Crippen molar-refractivity contribution in [1.29, 1.82) is 0 Å². The monoisotopic (exact) mass is 286 g/mol. The van der Waals surface area contributed by atoms with Crippen LogP contribution >= 0.6 is 0 Å². The fraction of sp³-hybridized carbons (Fsp3) is 0.312. The molecule has 0 unspecified atom stereocenters. The Bertz CT molecular complexity index is 730. The summed E-state index contributed by atoms with van der Waals surface area (Å²) in [5, 5.41) is 5.22. The summed E-state index contributed by atoms with van der Waals surface area (Å²) in [6.07, 6.45) is 2.05. The lowest BCUT2D eigenvalue weighted by Gasteiger charge is -2.05. The molecule has 0 amide bonds. The van der Waals surface area contributed by atoms with E-state index in [1.165, 1.54) is 0 Å². The molecule has 0 fully saturated rings. The fourth-order valence-corrected chi connectivity index (χ4v) is 2.39. The maximum absolute atomic E-state index is 5.52. The van der Waals surface area contributed by atoms with E-state index in [-0.39, 0.29) is 0 Å². The highest BCUT2D eigenvalue weighted by Gasteiger charge is 2.07. The zero-order valence-corrected chi connectivity index (χ0v) is 12.2. The van der Waals surface area contributed by atoms with E-state index in [4.69, 9.17) is 14.0 Å². The first-order chi connectivity index (χ1) is 10.3. The first-order valence-electron chi connectivity index (χ1n) is 6.95. The molecule has 0 aliphatic heterocycles. The average Bonchev–Trinajstić information content (AvgIpc) is 3.08. The lowest BCUT2D eigenvalue weighted by molar-refractivity contribution is 0.155. The summed E-state index contributed by atoms with van der Waals surface area (Å²) in [6, 6.07) is 10.1. The van der Waals surface area contributed by atoms with E-state index >= 15 is 0 Å². The van der Waals surface area contributed by atoms with Gasteiger partial charge in [-0.05, 0) is 31.2 Å². The molecule has 3 aromatic rings. The van der Waals surface area contributed by atoms with Crippen molar-refractivity contribution in [2.45, 2.75) is 20.1 Å². The maximum atomic E-state index is 5.52. The van der Waals surface area contributed by atoms with Crippen LogP contribution in [0, 0.1) is 0 Å². The number of fused-ring (bicyclic) bond motifs is 1. The van der Waals surface area contributed by atoms with Gasteiger partial charge in [-0.15, -0.1) is 0 Å². The van der Waals surface area contributed by atoms with Gasteiger partial charge in [0.15, 0.2) is 5.76 Å². The number of nitrogens with zero attached hydrogens (tertiary/aromatic N) is 2. The van der Waals surface area contributed by atoms with E-state index < -0.39 is 0 Å². The fourth-order valence-electron chi connectivity index (χ4n) is 2.39. The Morgan fingerprint density at radius 1 is 1.24 bits per heavy atom. The minimum absolute atomic E-state index is 0.442. The van der Waals surface area contributed by atoms with Crippen molar-refractivity contribution in [3.8, 4) is 5.75 Å². The van der Waals surface area contributed by atoms with Crippen molar-refractivity contribution < 1.29 is 14.0 Å². The van der Waals surface area contributed by atoms with Crippen LogP contribution in [0.4, 0.5) is 0 Å². The first-order valence-corrected chi connectivity index (χ1v) is 6.95. The predicted molar refractivity (Wildman–Crippen MR) is 79.4 cm³/mol. The van der Waals surface area contributed by atoms with E-state index in [2.05, 4.69) is 27.9 Å². The van der Waals surface area contributed by atoms with Crippen molar-refractivity contribution in [3.63, 3.8) is 0 Å².